The third-order valence-corrected chi connectivity index (χ3v) is 2.41. The van der Waals surface area contributed by atoms with Crippen molar-refractivity contribution in [2.24, 2.45) is 0 Å². The first-order valence-corrected chi connectivity index (χ1v) is 5.24. The Morgan fingerprint density at radius 2 is 2.17 bits per heavy atom. The highest BCUT2D eigenvalue weighted by molar-refractivity contribution is 6.00. The Labute approximate surface area is 102 Å². The molecule has 0 fully saturated rings. The van der Waals surface area contributed by atoms with Gasteiger partial charge in [0.15, 0.2) is 0 Å². The molecule has 1 aromatic carbocycles. The molecule has 7 heteroatoms. The lowest BCUT2D eigenvalue weighted by Crippen LogP contribution is -2.31. The number of carboxylic acid groups (broad SMARTS) is 1. The van der Waals surface area contributed by atoms with Crippen LogP contribution in [0.4, 0.5) is 16.2 Å². The van der Waals surface area contributed by atoms with Crippen LogP contribution in [0.15, 0.2) is 18.2 Å². The summed E-state index contributed by atoms with van der Waals surface area (Å²) in [4.78, 5) is 32.7. The summed E-state index contributed by atoms with van der Waals surface area (Å²) in [6.07, 6.45) is -0.972. The van der Waals surface area contributed by atoms with Crippen molar-refractivity contribution in [3.05, 3.63) is 23.8 Å². The molecule has 0 bridgehead atoms. The van der Waals surface area contributed by atoms with Crippen molar-refractivity contribution in [2.45, 2.75) is 6.42 Å². The zero-order valence-corrected chi connectivity index (χ0v) is 9.32. The average molecular weight is 249 g/mol. The third-order valence-electron chi connectivity index (χ3n) is 2.41. The van der Waals surface area contributed by atoms with Gasteiger partial charge in [0, 0.05) is 11.4 Å². The molecule has 4 N–H and O–H groups in total. The summed E-state index contributed by atoms with van der Waals surface area (Å²) >= 11 is 0. The number of rotatable bonds is 3. The molecule has 94 valence electrons. The van der Waals surface area contributed by atoms with Crippen molar-refractivity contribution in [3.8, 4) is 0 Å². The highest BCUT2D eigenvalue weighted by Crippen LogP contribution is 2.25. The summed E-state index contributed by atoms with van der Waals surface area (Å²) in [7, 11) is 0. The first-order valence-electron chi connectivity index (χ1n) is 5.24. The number of hydrogen-bond donors (Lipinski definition) is 4. The molecule has 7 nitrogen and oxygen atoms in total. The molecule has 1 aromatic rings. The lowest BCUT2D eigenvalue weighted by Gasteiger charge is -2.06. The molecule has 0 radical (unpaired) electrons. The maximum absolute atomic E-state index is 11.4. The van der Waals surface area contributed by atoms with E-state index in [1.807, 2.05) is 5.32 Å². The Morgan fingerprint density at radius 3 is 2.89 bits per heavy atom. The SMILES string of the molecule is O=C(O)NCC(=O)Nc1ccc2c(c1)CC(=O)N2. The van der Waals surface area contributed by atoms with E-state index in [1.165, 1.54) is 0 Å². The topological polar surface area (TPSA) is 108 Å². The lowest BCUT2D eigenvalue weighted by molar-refractivity contribution is -0.116. The number of carbonyl (C=O) groups is 3. The maximum atomic E-state index is 11.4. The number of amides is 3. The molecule has 2 rings (SSSR count). The summed E-state index contributed by atoms with van der Waals surface area (Å²) in [5.74, 6) is -0.546. The van der Waals surface area contributed by atoms with Gasteiger partial charge in [-0.3, -0.25) is 9.59 Å². The van der Waals surface area contributed by atoms with Crippen LogP contribution < -0.4 is 16.0 Å². The minimum Gasteiger partial charge on any atom is -0.465 e. The molecule has 18 heavy (non-hydrogen) atoms. The van der Waals surface area contributed by atoms with E-state index in [-0.39, 0.29) is 18.9 Å². The minimum atomic E-state index is -1.26. The van der Waals surface area contributed by atoms with Crippen molar-refractivity contribution >= 4 is 29.3 Å². The van der Waals surface area contributed by atoms with Gasteiger partial charge in [-0.15, -0.1) is 0 Å². The van der Waals surface area contributed by atoms with Crippen LogP contribution in [-0.4, -0.2) is 29.6 Å². The standard InChI is InChI=1S/C11H11N3O4/c15-9-4-6-3-7(1-2-8(6)14-9)13-10(16)5-12-11(17)18/h1-3,12H,4-5H2,(H,13,16)(H,14,15)(H,17,18). The van der Waals surface area contributed by atoms with Crippen LogP contribution >= 0.6 is 0 Å². The normalized spacial score (nSPS) is 12.6. The largest absolute Gasteiger partial charge is 0.465 e. The van der Waals surface area contributed by atoms with Gasteiger partial charge < -0.3 is 21.1 Å². The quantitative estimate of drug-likeness (QED) is 0.621. The van der Waals surface area contributed by atoms with Crippen LogP contribution in [0.3, 0.4) is 0 Å². The summed E-state index contributed by atoms with van der Waals surface area (Å²) in [5, 5.41) is 15.5. The van der Waals surface area contributed by atoms with Crippen LogP contribution in [0, 0.1) is 0 Å². The van der Waals surface area contributed by atoms with Crippen LogP contribution in [0.2, 0.25) is 0 Å². The van der Waals surface area contributed by atoms with Crippen LogP contribution in [0.25, 0.3) is 0 Å². The summed E-state index contributed by atoms with van der Waals surface area (Å²) in [5.41, 5.74) is 2.08. The van der Waals surface area contributed by atoms with E-state index in [9.17, 15) is 14.4 Å². The van der Waals surface area contributed by atoms with Gasteiger partial charge in [-0.05, 0) is 23.8 Å². The number of nitrogens with one attached hydrogen (secondary N) is 3. The lowest BCUT2D eigenvalue weighted by atomic mass is 10.1. The first-order chi connectivity index (χ1) is 8.54. The van der Waals surface area contributed by atoms with Gasteiger partial charge in [-0.2, -0.15) is 0 Å². The van der Waals surface area contributed by atoms with Gasteiger partial charge >= 0.3 is 6.09 Å². The molecule has 0 aromatic heterocycles. The van der Waals surface area contributed by atoms with Crippen molar-refractivity contribution in [1.29, 1.82) is 0 Å². The molecule has 0 atom stereocenters. The predicted octanol–water partition coefficient (Wildman–Crippen LogP) is 0.387. The number of anilines is 2. The maximum Gasteiger partial charge on any atom is 0.405 e. The molecule has 0 unspecified atom stereocenters. The summed E-state index contributed by atoms with van der Waals surface area (Å²) < 4.78 is 0. The number of carbonyl (C=O) groups excluding carboxylic acids is 2. The Hall–Kier alpha value is -2.57. The molecule has 1 aliphatic rings. The van der Waals surface area contributed by atoms with Gasteiger partial charge in [0.1, 0.15) is 6.54 Å². The molecule has 0 saturated carbocycles. The molecule has 3 amide bonds. The summed E-state index contributed by atoms with van der Waals surface area (Å²) in [6, 6.07) is 5.02. The molecular weight excluding hydrogens is 238 g/mol. The fourth-order valence-electron chi connectivity index (χ4n) is 1.67. The van der Waals surface area contributed by atoms with Gasteiger partial charge in [0.05, 0.1) is 6.42 Å². The second-order valence-electron chi connectivity index (χ2n) is 3.80. The molecule has 1 aliphatic heterocycles. The van der Waals surface area contributed by atoms with Crippen LogP contribution in [0.1, 0.15) is 5.56 Å². The van der Waals surface area contributed by atoms with Crippen molar-refractivity contribution in [2.75, 3.05) is 17.2 Å². The van der Waals surface area contributed by atoms with E-state index in [0.717, 1.165) is 11.3 Å². The Balaban J connectivity index is 1.99. The molecule has 1 heterocycles. The highest BCUT2D eigenvalue weighted by atomic mass is 16.4. The fourth-order valence-corrected chi connectivity index (χ4v) is 1.67. The van der Waals surface area contributed by atoms with Gasteiger partial charge in [-0.25, -0.2) is 4.79 Å². The average Bonchev–Trinajstić information content (AvgIpc) is 2.66. The zero-order chi connectivity index (χ0) is 13.1. The molecular formula is C11H11N3O4. The molecule has 0 aliphatic carbocycles. The number of benzene rings is 1. The van der Waals surface area contributed by atoms with Gasteiger partial charge in [-0.1, -0.05) is 0 Å². The van der Waals surface area contributed by atoms with Crippen LogP contribution in [0.5, 0.6) is 0 Å². The van der Waals surface area contributed by atoms with Gasteiger partial charge in [0.25, 0.3) is 0 Å². The van der Waals surface area contributed by atoms with E-state index >= 15 is 0 Å². The van der Waals surface area contributed by atoms with Gasteiger partial charge in [0.2, 0.25) is 11.8 Å². The predicted molar refractivity (Wildman–Crippen MR) is 63.4 cm³/mol. The van der Waals surface area contributed by atoms with E-state index in [4.69, 9.17) is 5.11 Å². The van der Waals surface area contributed by atoms with Crippen LogP contribution in [-0.2, 0) is 16.0 Å². The Morgan fingerprint density at radius 1 is 1.39 bits per heavy atom. The monoisotopic (exact) mass is 249 g/mol. The molecule has 0 spiro atoms. The first kappa shape index (κ1) is 11.9. The summed E-state index contributed by atoms with van der Waals surface area (Å²) in [6.45, 7) is -0.316. The second-order valence-corrected chi connectivity index (χ2v) is 3.80. The van der Waals surface area contributed by atoms with Crippen molar-refractivity contribution in [3.63, 3.8) is 0 Å². The smallest absolute Gasteiger partial charge is 0.405 e. The third kappa shape index (κ3) is 2.76. The Bertz CT molecular complexity index is 527. The van der Waals surface area contributed by atoms with E-state index in [0.29, 0.717) is 5.69 Å². The van der Waals surface area contributed by atoms with Crippen molar-refractivity contribution in [1.82, 2.24) is 5.32 Å². The molecule has 0 saturated heterocycles. The minimum absolute atomic E-state index is 0.0824. The van der Waals surface area contributed by atoms with E-state index in [1.54, 1.807) is 18.2 Å². The van der Waals surface area contributed by atoms with Crippen molar-refractivity contribution < 1.29 is 19.5 Å². The van der Waals surface area contributed by atoms with E-state index < -0.39 is 12.0 Å². The fraction of sp³-hybridized carbons (Fsp3) is 0.182. The Kier molecular flexibility index (Phi) is 3.13. The van der Waals surface area contributed by atoms with E-state index in [2.05, 4.69) is 10.6 Å². The zero-order valence-electron chi connectivity index (χ0n) is 9.32. The number of hydrogen-bond acceptors (Lipinski definition) is 3. The second kappa shape index (κ2) is 4.74. The number of fused-ring (bicyclic) bond motifs is 1. The highest BCUT2D eigenvalue weighted by Gasteiger charge is 2.17.